The lowest BCUT2D eigenvalue weighted by molar-refractivity contribution is -0.386. The third-order valence-electron chi connectivity index (χ3n) is 4.00. The predicted octanol–water partition coefficient (Wildman–Crippen LogP) is 4.25. The molecule has 0 saturated carbocycles. The van der Waals surface area contributed by atoms with E-state index in [-0.39, 0.29) is 16.5 Å². The van der Waals surface area contributed by atoms with E-state index < -0.39 is 19.3 Å². The molecule has 0 amide bonds. The molecule has 0 bridgehead atoms. The second-order valence-corrected chi connectivity index (χ2v) is 11.4. The van der Waals surface area contributed by atoms with E-state index in [1.54, 1.807) is 18.2 Å². The number of nitrogens with zero attached hydrogens (tertiary/aromatic N) is 1. The van der Waals surface area contributed by atoms with Gasteiger partial charge in [0.05, 0.1) is 10.5 Å². The van der Waals surface area contributed by atoms with Gasteiger partial charge in [0, 0.05) is 6.07 Å². The third kappa shape index (κ3) is 3.98. The van der Waals surface area contributed by atoms with E-state index in [2.05, 4.69) is 20.8 Å². The Morgan fingerprint density at radius 1 is 1.29 bits per heavy atom. The average molecular weight is 309 g/mol. The van der Waals surface area contributed by atoms with Crippen molar-refractivity contribution in [3.63, 3.8) is 0 Å². The van der Waals surface area contributed by atoms with Crippen molar-refractivity contribution in [3.8, 4) is 0 Å². The quantitative estimate of drug-likeness (QED) is 0.463. The highest BCUT2D eigenvalue weighted by Crippen LogP contribution is 2.41. The molecule has 116 valence electrons. The zero-order valence-corrected chi connectivity index (χ0v) is 14.5. The summed E-state index contributed by atoms with van der Waals surface area (Å²) in [6, 6.07) is 6.27. The number of Topliss-reactive ketones (excluding diaryl/α,β-unsaturated/α-hetero) is 1. The average Bonchev–Trinajstić information content (AvgIpc) is 2.34. The van der Waals surface area contributed by atoms with Crippen LogP contribution < -0.4 is 0 Å². The first-order valence-electron chi connectivity index (χ1n) is 6.89. The first-order valence-corrected chi connectivity index (χ1v) is 9.80. The molecule has 0 radical (unpaired) electrons. The second kappa shape index (κ2) is 6.07. The summed E-state index contributed by atoms with van der Waals surface area (Å²) >= 11 is 0. The topological polar surface area (TPSA) is 69.4 Å². The van der Waals surface area contributed by atoms with Gasteiger partial charge in [-0.15, -0.1) is 0 Å². The summed E-state index contributed by atoms with van der Waals surface area (Å²) in [5.41, 5.74) is 0.260. The molecule has 1 atom stereocenters. The molecule has 0 aliphatic rings. The smallest absolute Gasteiger partial charge is 0.275 e. The molecule has 21 heavy (non-hydrogen) atoms. The van der Waals surface area contributed by atoms with Gasteiger partial charge in [-0.25, -0.2) is 0 Å². The van der Waals surface area contributed by atoms with Crippen LogP contribution in [0.2, 0.25) is 18.1 Å². The lowest BCUT2D eigenvalue weighted by Gasteiger charge is -2.38. The minimum Gasteiger partial charge on any atom is -0.403 e. The van der Waals surface area contributed by atoms with Crippen LogP contribution in [0.4, 0.5) is 5.69 Å². The third-order valence-corrected chi connectivity index (χ3v) is 8.44. The highest BCUT2D eigenvalue weighted by Gasteiger charge is 2.41. The summed E-state index contributed by atoms with van der Waals surface area (Å²) in [4.78, 5) is 22.7. The number of rotatable bonds is 5. The van der Waals surface area contributed by atoms with Gasteiger partial charge in [0.15, 0.2) is 14.1 Å². The number of nitro benzene ring substituents is 1. The van der Waals surface area contributed by atoms with Gasteiger partial charge >= 0.3 is 0 Å². The first kappa shape index (κ1) is 17.5. The fraction of sp³-hybridized carbons (Fsp3) is 0.533. The standard InChI is InChI=1S/C15H23NO4Si/c1-11(17)14(20-21(5,6)15(2,3)4)12-9-7-8-10-13(12)16(18)19/h7-10,14H,1-6H3. The fourth-order valence-electron chi connectivity index (χ4n) is 1.71. The number of carbonyl (C=O) groups is 1. The Morgan fingerprint density at radius 2 is 1.81 bits per heavy atom. The number of para-hydroxylation sites is 1. The van der Waals surface area contributed by atoms with Crippen molar-refractivity contribution in [3.05, 3.63) is 39.9 Å². The van der Waals surface area contributed by atoms with E-state index in [4.69, 9.17) is 4.43 Å². The van der Waals surface area contributed by atoms with Crippen LogP contribution in [0.1, 0.15) is 39.4 Å². The minimum absolute atomic E-state index is 0.0728. The number of nitro groups is 1. The fourth-order valence-corrected chi connectivity index (χ4v) is 2.95. The van der Waals surface area contributed by atoms with Crippen LogP contribution in [0, 0.1) is 10.1 Å². The van der Waals surface area contributed by atoms with E-state index in [1.807, 2.05) is 13.1 Å². The highest BCUT2D eigenvalue weighted by atomic mass is 28.4. The maximum atomic E-state index is 12.0. The van der Waals surface area contributed by atoms with Crippen LogP contribution >= 0.6 is 0 Å². The summed E-state index contributed by atoms with van der Waals surface area (Å²) in [7, 11) is -2.21. The van der Waals surface area contributed by atoms with Crippen molar-refractivity contribution >= 4 is 19.8 Å². The summed E-state index contributed by atoms with van der Waals surface area (Å²) < 4.78 is 6.13. The zero-order valence-electron chi connectivity index (χ0n) is 13.5. The molecule has 1 rings (SSSR count). The number of hydrogen-bond acceptors (Lipinski definition) is 4. The van der Waals surface area contributed by atoms with Crippen molar-refractivity contribution in [1.29, 1.82) is 0 Å². The number of hydrogen-bond donors (Lipinski definition) is 0. The molecule has 5 nitrogen and oxygen atoms in total. The Labute approximate surface area is 126 Å². The maximum absolute atomic E-state index is 12.0. The first-order chi connectivity index (χ1) is 9.47. The largest absolute Gasteiger partial charge is 0.403 e. The van der Waals surface area contributed by atoms with Gasteiger partial charge in [-0.05, 0) is 31.1 Å². The molecule has 0 heterocycles. The van der Waals surface area contributed by atoms with Crippen molar-refractivity contribution in [2.45, 2.75) is 51.9 Å². The van der Waals surface area contributed by atoms with Crippen LogP contribution in [0.5, 0.6) is 0 Å². The van der Waals surface area contributed by atoms with Gasteiger partial charge in [0.2, 0.25) is 0 Å². The van der Waals surface area contributed by atoms with Crippen LogP contribution in [0.25, 0.3) is 0 Å². The number of ketones is 1. The van der Waals surface area contributed by atoms with Crippen LogP contribution in [0.3, 0.4) is 0 Å². The molecule has 0 spiro atoms. The Morgan fingerprint density at radius 3 is 2.24 bits per heavy atom. The van der Waals surface area contributed by atoms with Gasteiger partial charge in [-0.3, -0.25) is 14.9 Å². The lowest BCUT2D eigenvalue weighted by atomic mass is 10.0. The van der Waals surface area contributed by atoms with E-state index in [9.17, 15) is 14.9 Å². The molecule has 0 aromatic heterocycles. The van der Waals surface area contributed by atoms with Crippen LogP contribution in [-0.2, 0) is 9.22 Å². The molecule has 1 aromatic carbocycles. The van der Waals surface area contributed by atoms with Gasteiger partial charge in [-0.1, -0.05) is 32.9 Å². The molecule has 6 heteroatoms. The molecule has 0 aliphatic carbocycles. The Bertz CT molecular complexity index is 549. The zero-order chi connectivity index (χ0) is 16.4. The second-order valence-electron chi connectivity index (χ2n) is 6.68. The molecular formula is C15H23NO4Si. The van der Waals surface area contributed by atoms with E-state index in [1.165, 1.54) is 13.0 Å². The summed E-state index contributed by atoms with van der Waals surface area (Å²) in [6.07, 6.45) is -0.882. The van der Waals surface area contributed by atoms with Gasteiger partial charge < -0.3 is 4.43 Å². The van der Waals surface area contributed by atoms with E-state index >= 15 is 0 Å². The van der Waals surface area contributed by atoms with Crippen molar-refractivity contribution < 1.29 is 14.1 Å². The number of benzene rings is 1. The van der Waals surface area contributed by atoms with Crippen LogP contribution in [-0.4, -0.2) is 19.0 Å². The van der Waals surface area contributed by atoms with Crippen molar-refractivity contribution in [2.24, 2.45) is 0 Å². The van der Waals surface area contributed by atoms with E-state index in [0.29, 0.717) is 5.56 Å². The van der Waals surface area contributed by atoms with Gasteiger partial charge in [0.1, 0.15) is 6.10 Å². The predicted molar refractivity (Wildman–Crippen MR) is 84.8 cm³/mol. The Kier molecular flexibility index (Phi) is 5.06. The number of carbonyl (C=O) groups excluding carboxylic acids is 1. The molecule has 0 N–H and O–H groups in total. The molecule has 0 saturated heterocycles. The highest BCUT2D eigenvalue weighted by molar-refractivity contribution is 6.74. The SMILES string of the molecule is CC(=O)C(O[Si](C)(C)C(C)(C)C)c1ccccc1[N+](=O)[O-]. The lowest BCUT2D eigenvalue weighted by Crippen LogP contribution is -2.43. The van der Waals surface area contributed by atoms with Gasteiger partial charge in [0.25, 0.3) is 5.69 Å². The summed E-state index contributed by atoms with van der Waals surface area (Å²) in [5, 5.41) is 11.1. The minimum atomic E-state index is -2.21. The van der Waals surface area contributed by atoms with E-state index in [0.717, 1.165) is 0 Å². The molecule has 0 aliphatic heterocycles. The molecular weight excluding hydrogens is 286 g/mol. The molecule has 1 aromatic rings. The molecule has 1 unspecified atom stereocenters. The Hall–Kier alpha value is -1.53. The summed E-state index contributed by atoms with van der Waals surface area (Å²) in [5.74, 6) is -0.214. The maximum Gasteiger partial charge on any atom is 0.275 e. The Balaban J connectivity index is 3.28. The normalized spacial score (nSPS) is 13.8. The van der Waals surface area contributed by atoms with Gasteiger partial charge in [-0.2, -0.15) is 0 Å². The van der Waals surface area contributed by atoms with Crippen molar-refractivity contribution in [1.82, 2.24) is 0 Å². The van der Waals surface area contributed by atoms with Crippen LogP contribution in [0.15, 0.2) is 24.3 Å². The van der Waals surface area contributed by atoms with Crippen molar-refractivity contribution in [2.75, 3.05) is 0 Å². The molecule has 0 fully saturated rings. The summed E-state index contributed by atoms with van der Waals surface area (Å²) in [6.45, 7) is 11.7. The monoisotopic (exact) mass is 309 g/mol.